The van der Waals surface area contributed by atoms with Crippen LogP contribution in [0.15, 0.2) is 45.3 Å². The highest BCUT2D eigenvalue weighted by Crippen LogP contribution is 2.28. The normalized spacial score (nSPS) is 10.9. The van der Waals surface area contributed by atoms with E-state index in [1.54, 1.807) is 13.2 Å². The van der Waals surface area contributed by atoms with Gasteiger partial charge in [0.05, 0.1) is 19.2 Å². The molecule has 0 unspecified atom stereocenters. The molecule has 0 bridgehead atoms. The van der Waals surface area contributed by atoms with Gasteiger partial charge in [0.25, 0.3) is 0 Å². The molecule has 0 atom stereocenters. The number of methoxy groups -OCH3 is 1. The predicted octanol–water partition coefficient (Wildman–Crippen LogP) is 3.77. The van der Waals surface area contributed by atoms with Crippen molar-refractivity contribution in [2.24, 2.45) is 0 Å². The first kappa shape index (κ1) is 13.0. The average molecular weight is 333 g/mol. The number of nitrogen functional groups attached to an aromatic ring is 1. The van der Waals surface area contributed by atoms with Gasteiger partial charge in [0, 0.05) is 10.0 Å². The summed E-state index contributed by atoms with van der Waals surface area (Å²) in [5, 5.41) is 0. The number of nitrogens with two attached hydrogens (primary N) is 1. The average Bonchev–Trinajstić information content (AvgIpc) is 2.82. The monoisotopic (exact) mass is 332 g/mol. The Morgan fingerprint density at radius 3 is 2.90 bits per heavy atom. The summed E-state index contributed by atoms with van der Waals surface area (Å²) >= 11 is 3.40. The smallest absolute Gasteiger partial charge is 0.200 e. The molecule has 0 saturated heterocycles. The molecular weight excluding hydrogens is 320 g/mol. The largest absolute Gasteiger partial charge is 0.496 e. The minimum absolute atomic E-state index is 0.565. The maximum atomic E-state index is 5.93. The van der Waals surface area contributed by atoms with Gasteiger partial charge in [0.1, 0.15) is 11.3 Å². The topological polar surface area (TPSA) is 61.3 Å². The van der Waals surface area contributed by atoms with Crippen molar-refractivity contribution in [3.63, 3.8) is 0 Å². The Morgan fingerprint density at radius 2 is 2.10 bits per heavy atom. The molecule has 0 spiro atoms. The molecule has 2 aromatic carbocycles. The van der Waals surface area contributed by atoms with Crippen molar-refractivity contribution in [2.45, 2.75) is 6.42 Å². The van der Waals surface area contributed by atoms with Crippen LogP contribution in [0.2, 0.25) is 0 Å². The van der Waals surface area contributed by atoms with Gasteiger partial charge in [0.2, 0.25) is 0 Å². The lowest BCUT2D eigenvalue weighted by Crippen LogP contribution is -1.93. The van der Waals surface area contributed by atoms with Crippen LogP contribution < -0.4 is 10.5 Å². The number of anilines is 1. The quantitative estimate of drug-likeness (QED) is 0.741. The van der Waals surface area contributed by atoms with E-state index in [2.05, 4.69) is 20.9 Å². The number of fused-ring (bicyclic) bond motifs is 1. The first-order valence-corrected chi connectivity index (χ1v) is 6.93. The molecule has 0 amide bonds. The molecule has 102 valence electrons. The summed E-state index contributed by atoms with van der Waals surface area (Å²) < 4.78 is 12.0. The first-order valence-electron chi connectivity index (χ1n) is 6.13. The van der Waals surface area contributed by atoms with Gasteiger partial charge in [-0.3, -0.25) is 0 Å². The summed E-state index contributed by atoms with van der Waals surface area (Å²) in [6, 6.07) is 11.5. The van der Waals surface area contributed by atoms with Crippen molar-refractivity contribution in [2.75, 3.05) is 12.8 Å². The number of para-hydroxylation sites is 1. The fourth-order valence-electron chi connectivity index (χ4n) is 2.16. The molecule has 0 aliphatic carbocycles. The molecule has 0 aliphatic heterocycles. The Labute approximate surface area is 124 Å². The third-order valence-corrected chi connectivity index (χ3v) is 3.52. The first-order chi connectivity index (χ1) is 9.67. The number of ether oxygens (including phenoxy) is 1. The van der Waals surface area contributed by atoms with E-state index in [4.69, 9.17) is 14.9 Å². The second-order valence-electron chi connectivity index (χ2n) is 4.44. The highest BCUT2D eigenvalue weighted by molar-refractivity contribution is 9.10. The summed E-state index contributed by atoms with van der Waals surface area (Å²) in [5.74, 6) is 1.44. The predicted molar refractivity (Wildman–Crippen MR) is 81.9 cm³/mol. The van der Waals surface area contributed by atoms with Crippen LogP contribution in [0.4, 0.5) is 5.69 Å². The van der Waals surface area contributed by atoms with Crippen molar-refractivity contribution in [1.82, 2.24) is 4.98 Å². The summed E-state index contributed by atoms with van der Waals surface area (Å²) in [4.78, 5) is 4.47. The molecule has 1 aromatic heterocycles. The highest BCUT2D eigenvalue weighted by Gasteiger charge is 2.12. The fourth-order valence-corrected chi connectivity index (χ4v) is 2.62. The molecule has 1 heterocycles. The van der Waals surface area contributed by atoms with E-state index < -0.39 is 0 Å². The zero-order valence-electron chi connectivity index (χ0n) is 10.9. The number of halogens is 1. The minimum atomic E-state index is 0.565. The van der Waals surface area contributed by atoms with Crippen molar-refractivity contribution >= 4 is 32.7 Å². The molecule has 20 heavy (non-hydrogen) atoms. The van der Waals surface area contributed by atoms with Crippen molar-refractivity contribution in [3.8, 4) is 5.75 Å². The number of nitrogens with zero attached hydrogens (tertiary/aromatic N) is 1. The van der Waals surface area contributed by atoms with Crippen molar-refractivity contribution in [1.29, 1.82) is 0 Å². The lowest BCUT2D eigenvalue weighted by atomic mass is 10.1. The Balaban J connectivity index is 2.01. The molecule has 3 rings (SSSR count). The van der Waals surface area contributed by atoms with E-state index >= 15 is 0 Å². The van der Waals surface area contributed by atoms with E-state index in [0.717, 1.165) is 21.3 Å². The van der Waals surface area contributed by atoms with E-state index in [1.165, 1.54) is 0 Å². The fraction of sp³-hybridized carbons (Fsp3) is 0.133. The van der Waals surface area contributed by atoms with Gasteiger partial charge in [-0.25, -0.2) is 4.98 Å². The van der Waals surface area contributed by atoms with Gasteiger partial charge in [-0.15, -0.1) is 0 Å². The summed E-state index contributed by atoms with van der Waals surface area (Å²) in [6.07, 6.45) is 0.565. The van der Waals surface area contributed by atoms with Gasteiger partial charge in [-0.05, 0) is 18.2 Å². The Kier molecular flexibility index (Phi) is 3.36. The molecule has 0 aliphatic rings. The third kappa shape index (κ3) is 2.36. The maximum Gasteiger partial charge on any atom is 0.200 e. The van der Waals surface area contributed by atoms with E-state index in [9.17, 15) is 0 Å². The Hall–Kier alpha value is -2.01. The Morgan fingerprint density at radius 1 is 1.30 bits per heavy atom. The van der Waals surface area contributed by atoms with Gasteiger partial charge < -0.3 is 14.9 Å². The zero-order valence-corrected chi connectivity index (χ0v) is 12.5. The lowest BCUT2D eigenvalue weighted by Gasteiger charge is -2.05. The zero-order chi connectivity index (χ0) is 14.1. The van der Waals surface area contributed by atoms with E-state index in [1.807, 2.05) is 30.3 Å². The summed E-state index contributed by atoms with van der Waals surface area (Å²) in [7, 11) is 1.65. The standard InChI is InChI=1S/C15H13BrN2O2/c1-19-13-5-3-2-4-9(13)6-14-18-12-8-10(16)7-11(17)15(12)20-14/h2-5,7-8H,6,17H2,1H3. The van der Waals surface area contributed by atoms with Crippen molar-refractivity contribution in [3.05, 3.63) is 52.3 Å². The molecule has 3 aromatic rings. The van der Waals surface area contributed by atoms with Gasteiger partial charge >= 0.3 is 0 Å². The van der Waals surface area contributed by atoms with Gasteiger partial charge in [-0.1, -0.05) is 34.1 Å². The minimum Gasteiger partial charge on any atom is -0.496 e. The summed E-state index contributed by atoms with van der Waals surface area (Å²) in [6.45, 7) is 0. The number of hydrogen-bond donors (Lipinski definition) is 1. The molecule has 4 nitrogen and oxygen atoms in total. The molecule has 5 heteroatoms. The molecule has 2 N–H and O–H groups in total. The van der Waals surface area contributed by atoms with E-state index in [0.29, 0.717) is 23.6 Å². The molecular formula is C15H13BrN2O2. The highest BCUT2D eigenvalue weighted by atomic mass is 79.9. The van der Waals surface area contributed by atoms with Crippen LogP contribution in [-0.2, 0) is 6.42 Å². The SMILES string of the molecule is COc1ccccc1Cc1nc2cc(Br)cc(N)c2o1. The van der Waals surface area contributed by atoms with Crippen LogP contribution in [0.5, 0.6) is 5.75 Å². The number of rotatable bonds is 3. The second-order valence-corrected chi connectivity index (χ2v) is 5.36. The van der Waals surface area contributed by atoms with E-state index in [-0.39, 0.29) is 0 Å². The number of benzene rings is 2. The lowest BCUT2D eigenvalue weighted by molar-refractivity contribution is 0.408. The number of aromatic nitrogens is 1. The second kappa shape index (κ2) is 5.17. The van der Waals surface area contributed by atoms with Gasteiger partial charge in [-0.2, -0.15) is 0 Å². The summed E-state index contributed by atoms with van der Waals surface area (Å²) in [5.41, 5.74) is 8.91. The van der Waals surface area contributed by atoms with Crippen LogP contribution in [-0.4, -0.2) is 12.1 Å². The third-order valence-electron chi connectivity index (χ3n) is 3.06. The molecule has 0 radical (unpaired) electrons. The molecule has 0 saturated carbocycles. The Bertz CT molecular complexity index is 768. The van der Waals surface area contributed by atoms with Crippen LogP contribution in [0.1, 0.15) is 11.5 Å². The van der Waals surface area contributed by atoms with Crippen molar-refractivity contribution < 1.29 is 9.15 Å². The van der Waals surface area contributed by atoms with Gasteiger partial charge in [0.15, 0.2) is 11.5 Å². The number of hydrogen-bond acceptors (Lipinski definition) is 4. The molecule has 0 fully saturated rings. The van der Waals surface area contributed by atoms with Crippen LogP contribution >= 0.6 is 15.9 Å². The van der Waals surface area contributed by atoms with Crippen LogP contribution in [0, 0.1) is 0 Å². The maximum absolute atomic E-state index is 5.93. The van der Waals surface area contributed by atoms with Crippen LogP contribution in [0.3, 0.4) is 0 Å². The number of oxazole rings is 1. The van der Waals surface area contributed by atoms with Crippen LogP contribution in [0.25, 0.3) is 11.1 Å².